The van der Waals surface area contributed by atoms with Crippen molar-refractivity contribution in [3.05, 3.63) is 29.3 Å². The van der Waals surface area contributed by atoms with Gasteiger partial charge in [-0.3, -0.25) is 0 Å². The maximum Gasteiger partial charge on any atom is 0.122 e. The molecule has 0 saturated heterocycles. The molecule has 0 spiro atoms. The smallest absolute Gasteiger partial charge is 0.122 e. The van der Waals surface area contributed by atoms with E-state index in [2.05, 4.69) is 37.5 Å². The van der Waals surface area contributed by atoms with Crippen molar-refractivity contribution in [2.45, 2.75) is 51.5 Å². The summed E-state index contributed by atoms with van der Waals surface area (Å²) in [5.41, 5.74) is 2.86. The van der Waals surface area contributed by atoms with Crippen molar-refractivity contribution in [1.29, 1.82) is 0 Å². The number of fused-ring (bicyclic) bond motifs is 1. The van der Waals surface area contributed by atoms with Crippen LogP contribution < -0.4 is 10.1 Å². The first-order valence-electron chi connectivity index (χ1n) is 8.21. The van der Waals surface area contributed by atoms with Crippen LogP contribution in [-0.2, 0) is 6.42 Å². The van der Waals surface area contributed by atoms with Gasteiger partial charge in [-0.1, -0.05) is 31.9 Å². The third kappa shape index (κ3) is 2.85. The standard InChI is InChI=1S/C18H27NO/c1-13-5-7-14(8-6-13)18(19-2)16-9-10-17-15(12-16)4-3-11-20-17/h9-10,12-14,18-19H,3-8,11H2,1-2H3. The van der Waals surface area contributed by atoms with Crippen LogP contribution >= 0.6 is 0 Å². The highest BCUT2D eigenvalue weighted by atomic mass is 16.5. The van der Waals surface area contributed by atoms with Crippen molar-refractivity contribution in [2.75, 3.05) is 13.7 Å². The zero-order valence-corrected chi connectivity index (χ0v) is 12.8. The predicted molar refractivity (Wildman–Crippen MR) is 83.2 cm³/mol. The maximum absolute atomic E-state index is 5.73. The topological polar surface area (TPSA) is 21.3 Å². The summed E-state index contributed by atoms with van der Waals surface area (Å²) < 4.78 is 5.73. The van der Waals surface area contributed by atoms with Crippen LogP contribution in [0.2, 0.25) is 0 Å². The molecule has 1 saturated carbocycles. The summed E-state index contributed by atoms with van der Waals surface area (Å²) in [6.07, 6.45) is 7.82. The van der Waals surface area contributed by atoms with E-state index in [1.807, 2.05) is 0 Å². The van der Waals surface area contributed by atoms with E-state index in [1.165, 1.54) is 43.2 Å². The van der Waals surface area contributed by atoms with Crippen LogP contribution in [-0.4, -0.2) is 13.7 Å². The first-order chi connectivity index (χ1) is 9.78. The Kier molecular flexibility index (Phi) is 4.30. The molecule has 2 aliphatic rings. The van der Waals surface area contributed by atoms with E-state index in [1.54, 1.807) is 0 Å². The molecule has 1 aliphatic carbocycles. The van der Waals surface area contributed by atoms with Crippen molar-refractivity contribution in [3.8, 4) is 5.75 Å². The molecule has 1 heterocycles. The largest absolute Gasteiger partial charge is 0.493 e. The molecule has 0 aromatic heterocycles. The second-order valence-electron chi connectivity index (χ2n) is 6.61. The lowest BCUT2D eigenvalue weighted by Gasteiger charge is -2.33. The minimum atomic E-state index is 0.509. The Balaban J connectivity index is 1.78. The van der Waals surface area contributed by atoms with Gasteiger partial charge in [0.15, 0.2) is 0 Å². The molecule has 110 valence electrons. The Bertz CT molecular complexity index is 449. The second kappa shape index (κ2) is 6.17. The molecule has 0 bridgehead atoms. The molecule has 1 aromatic rings. The normalized spacial score (nSPS) is 27.5. The highest BCUT2D eigenvalue weighted by molar-refractivity contribution is 5.39. The van der Waals surface area contributed by atoms with Gasteiger partial charge in [0.25, 0.3) is 0 Å². The molecule has 1 atom stereocenters. The van der Waals surface area contributed by atoms with Gasteiger partial charge < -0.3 is 10.1 Å². The van der Waals surface area contributed by atoms with E-state index in [0.717, 1.165) is 30.6 Å². The third-order valence-corrected chi connectivity index (χ3v) is 5.13. The Morgan fingerprint density at radius 1 is 1.20 bits per heavy atom. The molecule has 20 heavy (non-hydrogen) atoms. The monoisotopic (exact) mass is 273 g/mol. The average molecular weight is 273 g/mol. The lowest BCUT2D eigenvalue weighted by atomic mass is 9.77. The number of rotatable bonds is 3. The first-order valence-corrected chi connectivity index (χ1v) is 8.21. The van der Waals surface area contributed by atoms with Gasteiger partial charge in [-0.25, -0.2) is 0 Å². The summed E-state index contributed by atoms with van der Waals surface area (Å²) in [7, 11) is 2.11. The fraction of sp³-hybridized carbons (Fsp3) is 0.667. The molecule has 0 amide bonds. The number of hydrogen-bond donors (Lipinski definition) is 1. The van der Waals surface area contributed by atoms with E-state index in [-0.39, 0.29) is 0 Å². The van der Waals surface area contributed by atoms with Gasteiger partial charge in [-0.2, -0.15) is 0 Å². The van der Waals surface area contributed by atoms with Crippen molar-refractivity contribution in [1.82, 2.24) is 5.32 Å². The highest BCUT2D eigenvalue weighted by Crippen LogP contribution is 2.38. The molecule has 2 nitrogen and oxygen atoms in total. The van der Waals surface area contributed by atoms with Gasteiger partial charge in [0.1, 0.15) is 5.75 Å². The van der Waals surface area contributed by atoms with Gasteiger partial charge in [0.05, 0.1) is 6.61 Å². The van der Waals surface area contributed by atoms with Gasteiger partial charge in [-0.05, 0) is 61.8 Å². The summed E-state index contributed by atoms with van der Waals surface area (Å²) in [5.74, 6) is 2.81. The number of aryl methyl sites for hydroxylation is 1. The SMILES string of the molecule is CNC(c1ccc2c(c1)CCCO2)C1CCC(C)CC1. The van der Waals surface area contributed by atoms with Crippen LogP contribution in [0.5, 0.6) is 5.75 Å². The van der Waals surface area contributed by atoms with E-state index >= 15 is 0 Å². The van der Waals surface area contributed by atoms with Crippen molar-refractivity contribution in [3.63, 3.8) is 0 Å². The van der Waals surface area contributed by atoms with Crippen molar-refractivity contribution < 1.29 is 4.74 Å². The molecular weight excluding hydrogens is 246 g/mol. The van der Waals surface area contributed by atoms with E-state index in [0.29, 0.717) is 6.04 Å². The molecule has 1 aliphatic heterocycles. The molecular formula is C18H27NO. The summed E-state index contributed by atoms with van der Waals surface area (Å²) in [6, 6.07) is 7.34. The van der Waals surface area contributed by atoms with Crippen LogP contribution in [0, 0.1) is 11.8 Å². The summed E-state index contributed by atoms with van der Waals surface area (Å²) in [4.78, 5) is 0. The van der Waals surface area contributed by atoms with E-state index in [4.69, 9.17) is 4.74 Å². The van der Waals surface area contributed by atoms with Crippen LogP contribution in [0.1, 0.15) is 56.2 Å². The Hall–Kier alpha value is -1.02. The highest BCUT2D eigenvalue weighted by Gasteiger charge is 2.26. The fourth-order valence-electron chi connectivity index (χ4n) is 3.87. The zero-order valence-electron chi connectivity index (χ0n) is 12.8. The predicted octanol–water partition coefficient (Wildman–Crippen LogP) is 4.10. The lowest BCUT2D eigenvalue weighted by molar-refractivity contribution is 0.237. The third-order valence-electron chi connectivity index (χ3n) is 5.13. The maximum atomic E-state index is 5.73. The summed E-state index contributed by atoms with van der Waals surface area (Å²) in [6.45, 7) is 3.27. The van der Waals surface area contributed by atoms with E-state index < -0.39 is 0 Å². The fourth-order valence-corrected chi connectivity index (χ4v) is 3.87. The van der Waals surface area contributed by atoms with Gasteiger partial charge in [0.2, 0.25) is 0 Å². The number of nitrogens with one attached hydrogen (secondary N) is 1. The molecule has 0 radical (unpaired) electrons. The van der Waals surface area contributed by atoms with Crippen molar-refractivity contribution >= 4 is 0 Å². The Labute approximate surface area is 122 Å². The molecule has 2 heteroatoms. The van der Waals surface area contributed by atoms with Crippen LogP contribution in [0.25, 0.3) is 0 Å². The molecule has 1 fully saturated rings. The van der Waals surface area contributed by atoms with Crippen LogP contribution in [0.3, 0.4) is 0 Å². The van der Waals surface area contributed by atoms with Gasteiger partial charge in [-0.15, -0.1) is 0 Å². The number of hydrogen-bond acceptors (Lipinski definition) is 2. The molecule has 3 rings (SSSR count). The average Bonchev–Trinajstić information content (AvgIpc) is 2.50. The van der Waals surface area contributed by atoms with Crippen LogP contribution in [0.4, 0.5) is 0 Å². The van der Waals surface area contributed by atoms with Crippen LogP contribution in [0.15, 0.2) is 18.2 Å². The minimum Gasteiger partial charge on any atom is -0.493 e. The van der Waals surface area contributed by atoms with E-state index in [9.17, 15) is 0 Å². The van der Waals surface area contributed by atoms with Gasteiger partial charge >= 0.3 is 0 Å². The molecule has 1 unspecified atom stereocenters. The molecule has 1 aromatic carbocycles. The summed E-state index contributed by atoms with van der Waals surface area (Å²) >= 11 is 0. The zero-order chi connectivity index (χ0) is 13.9. The van der Waals surface area contributed by atoms with Crippen molar-refractivity contribution in [2.24, 2.45) is 11.8 Å². The minimum absolute atomic E-state index is 0.509. The van der Waals surface area contributed by atoms with Gasteiger partial charge in [0, 0.05) is 6.04 Å². The first kappa shape index (κ1) is 13.9. The summed E-state index contributed by atoms with van der Waals surface area (Å²) in [5, 5.41) is 3.57. The Morgan fingerprint density at radius 3 is 2.75 bits per heavy atom. The lowest BCUT2D eigenvalue weighted by Crippen LogP contribution is -2.28. The number of benzene rings is 1. The quantitative estimate of drug-likeness (QED) is 0.895. The second-order valence-corrected chi connectivity index (χ2v) is 6.61. The Morgan fingerprint density at radius 2 is 2.00 bits per heavy atom. The number of ether oxygens (including phenoxy) is 1. The molecule has 1 N–H and O–H groups in total.